The number of nitrogens with zero attached hydrogens (tertiary/aromatic N) is 1. The smallest absolute Gasteiger partial charge is 0.0795 e. The van der Waals surface area contributed by atoms with Gasteiger partial charge in [-0.15, -0.1) is 11.3 Å². The van der Waals surface area contributed by atoms with E-state index in [2.05, 4.69) is 21.0 Å². The molecule has 0 unspecified atom stereocenters. The molecule has 1 aromatic heterocycles. The van der Waals surface area contributed by atoms with Crippen LogP contribution >= 0.6 is 11.3 Å². The van der Waals surface area contributed by atoms with Crippen LogP contribution in [0.4, 0.5) is 0 Å². The number of rotatable bonds is 6. The summed E-state index contributed by atoms with van der Waals surface area (Å²) in [5.74, 6) is 0. The molecule has 0 saturated heterocycles. The average Bonchev–Trinajstić information content (AvgIpc) is 2.88. The minimum Gasteiger partial charge on any atom is -0.313 e. The second-order valence-corrected chi connectivity index (χ2v) is 4.81. The van der Waals surface area contributed by atoms with Gasteiger partial charge in [-0.25, -0.2) is 4.98 Å². The fourth-order valence-corrected chi connectivity index (χ4v) is 2.59. The standard InChI is InChI=1S/C11H19N3S/c1-2-4-10(3-1)13-6-5-12-7-11-8-15-9-14-11/h8-10,12-13H,1-7H2. The van der Waals surface area contributed by atoms with E-state index in [9.17, 15) is 0 Å². The Balaban J connectivity index is 1.48. The van der Waals surface area contributed by atoms with Gasteiger partial charge in [0.05, 0.1) is 11.2 Å². The molecule has 2 rings (SSSR count). The second-order valence-electron chi connectivity index (χ2n) is 4.09. The molecule has 1 fully saturated rings. The van der Waals surface area contributed by atoms with Gasteiger partial charge in [-0.3, -0.25) is 0 Å². The van der Waals surface area contributed by atoms with E-state index < -0.39 is 0 Å². The number of aromatic nitrogens is 1. The van der Waals surface area contributed by atoms with Crippen LogP contribution in [0.5, 0.6) is 0 Å². The number of thiazole rings is 1. The van der Waals surface area contributed by atoms with Crippen molar-refractivity contribution in [1.82, 2.24) is 15.6 Å². The Morgan fingerprint density at radius 1 is 1.33 bits per heavy atom. The molecule has 15 heavy (non-hydrogen) atoms. The van der Waals surface area contributed by atoms with Gasteiger partial charge in [0.15, 0.2) is 0 Å². The second kappa shape index (κ2) is 6.20. The van der Waals surface area contributed by atoms with E-state index in [0.29, 0.717) is 0 Å². The van der Waals surface area contributed by atoms with Gasteiger partial charge in [0.1, 0.15) is 0 Å². The summed E-state index contributed by atoms with van der Waals surface area (Å²) in [5.41, 5.74) is 3.04. The Kier molecular flexibility index (Phi) is 4.57. The van der Waals surface area contributed by atoms with Crippen molar-refractivity contribution in [2.45, 2.75) is 38.3 Å². The van der Waals surface area contributed by atoms with Crippen molar-refractivity contribution in [2.24, 2.45) is 0 Å². The zero-order valence-electron chi connectivity index (χ0n) is 9.04. The van der Waals surface area contributed by atoms with Crippen molar-refractivity contribution in [2.75, 3.05) is 13.1 Å². The van der Waals surface area contributed by atoms with Gasteiger partial charge in [0.25, 0.3) is 0 Å². The van der Waals surface area contributed by atoms with Crippen molar-refractivity contribution in [1.29, 1.82) is 0 Å². The summed E-state index contributed by atoms with van der Waals surface area (Å²) < 4.78 is 0. The third-order valence-corrected chi connectivity index (χ3v) is 3.51. The Hall–Kier alpha value is -0.450. The van der Waals surface area contributed by atoms with Gasteiger partial charge >= 0.3 is 0 Å². The van der Waals surface area contributed by atoms with Gasteiger partial charge in [-0.2, -0.15) is 0 Å². The molecule has 3 nitrogen and oxygen atoms in total. The zero-order chi connectivity index (χ0) is 10.3. The molecule has 0 aliphatic heterocycles. The van der Waals surface area contributed by atoms with E-state index in [-0.39, 0.29) is 0 Å². The van der Waals surface area contributed by atoms with Gasteiger partial charge in [0, 0.05) is 31.1 Å². The lowest BCUT2D eigenvalue weighted by atomic mass is 10.2. The Bertz CT molecular complexity index is 255. The highest BCUT2D eigenvalue weighted by Gasteiger charge is 2.12. The van der Waals surface area contributed by atoms with E-state index in [1.165, 1.54) is 25.7 Å². The molecule has 0 atom stereocenters. The van der Waals surface area contributed by atoms with Crippen molar-refractivity contribution in [3.8, 4) is 0 Å². The van der Waals surface area contributed by atoms with Crippen LogP contribution in [0, 0.1) is 0 Å². The average molecular weight is 225 g/mol. The SMILES string of the molecule is c1nc(CNCCNC2CCCC2)cs1. The zero-order valence-corrected chi connectivity index (χ0v) is 9.85. The van der Waals surface area contributed by atoms with Crippen LogP contribution in [0.15, 0.2) is 10.9 Å². The van der Waals surface area contributed by atoms with E-state index in [1.807, 2.05) is 5.51 Å². The molecule has 0 aromatic carbocycles. The molecule has 0 bridgehead atoms. The number of hydrogen-bond donors (Lipinski definition) is 2. The maximum Gasteiger partial charge on any atom is 0.0795 e. The Labute approximate surface area is 95.3 Å². The first-order valence-corrected chi connectivity index (χ1v) is 6.70. The monoisotopic (exact) mass is 225 g/mol. The van der Waals surface area contributed by atoms with Crippen LogP contribution in [0.2, 0.25) is 0 Å². The van der Waals surface area contributed by atoms with E-state index in [4.69, 9.17) is 0 Å². The van der Waals surface area contributed by atoms with E-state index in [0.717, 1.165) is 31.4 Å². The van der Waals surface area contributed by atoms with Crippen LogP contribution in [-0.2, 0) is 6.54 Å². The summed E-state index contributed by atoms with van der Waals surface area (Å²) in [6, 6.07) is 0.783. The summed E-state index contributed by atoms with van der Waals surface area (Å²) in [6.45, 7) is 3.01. The predicted molar refractivity (Wildman–Crippen MR) is 64.1 cm³/mol. The third kappa shape index (κ3) is 3.89. The maximum absolute atomic E-state index is 4.23. The van der Waals surface area contributed by atoms with Gasteiger partial charge in [-0.05, 0) is 12.8 Å². The Morgan fingerprint density at radius 3 is 2.93 bits per heavy atom. The van der Waals surface area contributed by atoms with Crippen LogP contribution < -0.4 is 10.6 Å². The molecule has 4 heteroatoms. The normalized spacial score (nSPS) is 17.3. The van der Waals surface area contributed by atoms with Crippen LogP contribution in [0.3, 0.4) is 0 Å². The van der Waals surface area contributed by atoms with Crippen molar-refractivity contribution in [3.63, 3.8) is 0 Å². The highest BCUT2D eigenvalue weighted by Crippen LogP contribution is 2.16. The van der Waals surface area contributed by atoms with E-state index in [1.54, 1.807) is 11.3 Å². The Morgan fingerprint density at radius 2 is 2.20 bits per heavy atom. The van der Waals surface area contributed by atoms with Crippen molar-refractivity contribution < 1.29 is 0 Å². The molecule has 1 aromatic rings. The highest BCUT2D eigenvalue weighted by molar-refractivity contribution is 7.07. The molecule has 1 aliphatic carbocycles. The first-order valence-electron chi connectivity index (χ1n) is 5.76. The van der Waals surface area contributed by atoms with Gasteiger partial charge < -0.3 is 10.6 Å². The first kappa shape index (κ1) is 11.0. The molecule has 0 amide bonds. The summed E-state index contributed by atoms with van der Waals surface area (Å²) in [7, 11) is 0. The summed E-state index contributed by atoms with van der Waals surface area (Å²) >= 11 is 1.66. The number of nitrogens with one attached hydrogen (secondary N) is 2. The lowest BCUT2D eigenvalue weighted by Crippen LogP contribution is -2.33. The molecule has 84 valence electrons. The third-order valence-electron chi connectivity index (χ3n) is 2.88. The largest absolute Gasteiger partial charge is 0.313 e. The van der Waals surface area contributed by atoms with Crippen LogP contribution in [0.1, 0.15) is 31.4 Å². The van der Waals surface area contributed by atoms with Gasteiger partial charge in [-0.1, -0.05) is 12.8 Å². The van der Waals surface area contributed by atoms with Crippen molar-refractivity contribution >= 4 is 11.3 Å². The van der Waals surface area contributed by atoms with E-state index >= 15 is 0 Å². The fraction of sp³-hybridized carbons (Fsp3) is 0.727. The summed E-state index contributed by atoms with van der Waals surface area (Å²) in [4.78, 5) is 4.23. The molecular formula is C11H19N3S. The molecule has 0 spiro atoms. The summed E-state index contributed by atoms with van der Waals surface area (Å²) in [5, 5.41) is 9.07. The van der Waals surface area contributed by atoms with Crippen LogP contribution in [0.25, 0.3) is 0 Å². The lowest BCUT2D eigenvalue weighted by Gasteiger charge is -2.11. The van der Waals surface area contributed by atoms with Crippen molar-refractivity contribution in [3.05, 3.63) is 16.6 Å². The molecule has 1 heterocycles. The maximum atomic E-state index is 4.23. The minimum absolute atomic E-state index is 0.783. The number of hydrogen-bond acceptors (Lipinski definition) is 4. The molecule has 2 N–H and O–H groups in total. The molecule has 0 radical (unpaired) electrons. The first-order chi connectivity index (χ1) is 7.45. The predicted octanol–water partition coefficient (Wildman–Crippen LogP) is 1.76. The minimum atomic E-state index is 0.783. The molecule has 1 aliphatic rings. The molecule has 1 saturated carbocycles. The highest BCUT2D eigenvalue weighted by atomic mass is 32.1. The quantitative estimate of drug-likeness (QED) is 0.724. The van der Waals surface area contributed by atoms with Crippen LogP contribution in [-0.4, -0.2) is 24.1 Å². The van der Waals surface area contributed by atoms with Gasteiger partial charge in [0.2, 0.25) is 0 Å². The molecular weight excluding hydrogens is 206 g/mol. The lowest BCUT2D eigenvalue weighted by molar-refractivity contribution is 0.508. The summed E-state index contributed by atoms with van der Waals surface area (Å²) in [6.07, 6.45) is 5.55. The fourth-order valence-electron chi connectivity index (χ4n) is 2.04. The topological polar surface area (TPSA) is 37.0 Å².